The van der Waals surface area contributed by atoms with Crippen molar-refractivity contribution in [2.24, 2.45) is 11.8 Å². The van der Waals surface area contributed by atoms with E-state index in [4.69, 9.17) is 0 Å². The monoisotopic (exact) mass is 174 g/mol. The van der Waals surface area contributed by atoms with Gasteiger partial charge in [-0.3, -0.25) is 0 Å². The van der Waals surface area contributed by atoms with Gasteiger partial charge in [0.2, 0.25) is 0 Å². The minimum atomic E-state index is 0.879. The van der Waals surface area contributed by atoms with Crippen LogP contribution >= 0.6 is 11.8 Å². The van der Waals surface area contributed by atoms with E-state index in [1.807, 2.05) is 0 Å². The number of thioether (sulfide) groups is 1. The van der Waals surface area contributed by atoms with Crippen LogP contribution in [-0.2, 0) is 0 Å². The quantitative estimate of drug-likeness (QED) is 0.590. The molecule has 1 heteroatoms. The predicted octanol–water partition coefficient (Wildman–Crippen LogP) is 3.81. The number of hydrogen-bond acceptors (Lipinski definition) is 1. The molecule has 0 aliphatic heterocycles. The third kappa shape index (κ3) is 8.25. The molecule has 68 valence electrons. The summed E-state index contributed by atoms with van der Waals surface area (Å²) in [5.74, 6) is 4.42. The van der Waals surface area contributed by atoms with E-state index >= 15 is 0 Å². The molecule has 0 aromatic rings. The van der Waals surface area contributed by atoms with Crippen LogP contribution in [0.3, 0.4) is 0 Å². The first kappa shape index (κ1) is 11.4. The van der Waals surface area contributed by atoms with E-state index in [9.17, 15) is 0 Å². The van der Waals surface area contributed by atoms with Gasteiger partial charge in [0.15, 0.2) is 0 Å². The van der Waals surface area contributed by atoms with Gasteiger partial charge in [-0.25, -0.2) is 0 Å². The van der Waals surface area contributed by atoms with Crippen molar-refractivity contribution in [1.29, 1.82) is 0 Å². The van der Waals surface area contributed by atoms with Crippen LogP contribution in [0.25, 0.3) is 0 Å². The van der Waals surface area contributed by atoms with Crippen LogP contribution in [0.5, 0.6) is 0 Å². The summed E-state index contributed by atoms with van der Waals surface area (Å²) in [7, 11) is 0. The Morgan fingerprint density at radius 1 is 1.09 bits per heavy atom. The average Bonchev–Trinajstić information content (AvgIpc) is 1.97. The Hall–Kier alpha value is 0.350. The highest BCUT2D eigenvalue weighted by atomic mass is 32.2. The normalized spacial score (nSPS) is 13.9. The SMILES string of the molecule is CCSCC(C)CCC(C)C. The van der Waals surface area contributed by atoms with E-state index in [1.165, 1.54) is 24.3 Å². The molecule has 0 saturated carbocycles. The Balaban J connectivity index is 3.15. The second-order valence-corrected chi connectivity index (χ2v) is 5.05. The maximum absolute atomic E-state index is 2.37. The second kappa shape index (κ2) is 7.02. The van der Waals surface area contributed by atoms with Crippen molar-refractivity contribution >= 4 is 11.8 Å². The van der Waals surface area contributed by atoms with Gasteiger partial charge in [-0.1, -0.05) is 34.1 Å². The molecule has 0 amide bonds. The maximum atomic E-state index is 2.37. The van der Waals surface area contributed by atoms with Crippen LogP contribution in [0.4, 0.5) is 0 Å². The van der Waals surface area contributed by atoms with E-state index in [-0.39, 0.29) is 0 Å². The lowest BCUT2D eigenvalue weighted by Gasteiger charge is -2.11. The molecule has 0 heterocycles. The van der Waals surface area contributed by atoms with Gasteiger partial charge in [-0.2, -0.15) is 11.8 Å². The van der Waals surface area contributed by atoms with Crippen molar-refractivity contribution in [1.82, 2.24) is 0 Å². The molecular formula is C10H22S. The molecule has 0 spiro atoms. The summed E-state index contributed by atoms with van der Waals surface area (Å²) in [6.45, 7) is 9.21. The molecule has 0 fully saturated rings. The molecular weight excluding hydrogens is 152 g/mol. The van der Waals surface area contributed by atoms with Crippen LogP contribution in [0, 0.1) is 11.8 Å². The maximum Gasteiger partial charge on any atom is -0.00419 e. The third-order valence-electron chi connectivity index (χ3n) is 1.84. The van der Waals surface area contributed by atoms with Crippen molar-refractivity contribution in [3.63, 3.8) is 0 Å². The molecule has 0 rings (SSSR count). The van der Waals surface area contributed by atoms with Crippen molar-refractivity contribution < 1.29 is 0 Å². The number of hydrogen-bond donors (Lipinski definition) is 0. The van der Waals surface area contributed by atoms with Gasteiger partial charge in [-0.05, 0) is 29.8 Å². The Kier molecular flexibility index (Phi) is 7.25. The summed E-state index contributed by atoms with van der Waals surface area (Å²) in [5.41, 5.74) is 0. The lowest BCUT2D eigenvalue weighted by molar-refractivity contribution is 0.480. The second-order valence-electron chi connectivity index (χ2n) is 3.74. The summed E-state index contributed by atoms with van der Waals surface area (Å²) in [4.78, 5) is 0. The van der Waals surface area contributed by atoms with E-state index in [0.29, 0.717) is 0 Å². The zero-order valence-corrected chi connectivity index (χ0v) is 9.21. The molecule has 1 unspecified atom stereocenters. The van der Waals surface area contributed by atoms with Crippen LogP contribution < -0.4 is 0 Å². The summed E-state index contributed by atoms with van der Waals surface area (Å²) >= 11 is 2.07. The van der Waals surface area contributed by atoms with Crippen molar-refractivity contribution in [3.05, 3.63) is 0 Å². The number of rotatable bonds is 6. The smallest absolute Gasteiger partial charge is 0.00419 e. The Bertz CT molecular complexity index is 78.9. The van der Waals surface area contributed by atoms with Crippen molar-refractivity contribution in [2.45, 2.75) is 40.5 Å². The standard InChI is InChI=1S/C10H22S/c1-5-11-8-10(4)7-6-9(2)3/h9-10H,5-8H2,1-4H3. The first-order chi connectivity index (χ1) is 5.16. The molecule has 1 atom stereocenters. The Morgan fingerprint density at radius 2 is 1.73 bits per heavy atom. The lowest BCUT2D eigenvalue weighted by Crippen LogP contribution is -2.00. The van der Waals surface area contributed by atoms with E-state index in [1.54, 1.807) is 0 Å². The van der Waals surface area contributed by atoms with Gasteiger partial charge in [-0.15, -0.1) is 0 Å². The van der Waals surface area contributed by atoms with Crippen LogP contribution in [0.1, 0.15) is 40.5 Å². The minimum Gasteiger partial charge on any atom is -0.162 e. The van der Waals surface area contributed by atoms with Crippen LogP contribution in [-0.4, -0.2) is 11.5 Å². The topological polar surface area (TPSA) is 0 Å². The first-order valence-electron chi connectivity index (χ1n) is 4.74. The molecule has 0 aliphatic rings. The van der Waals surface area contributed by atoms with Gasteiger partial charge < -0.3 is 0 Å². The highest BCUT2D eigenvalue weighted by molar-refractivity contribution is 7.99. The highest BCUT2D eigenvalue weighted by Crippen LogP contribution is 2.16. The van der Waals surface area contributed by atoms with Crippen LogP contribution in [0.2, 0.25) is 0 Å². The largest absolute Gasteiger partial charge is 0.162 e. The zero-order chi connectivity index (χ0) is 8.69. The fraction of sp³-hybridized carbons (Fsp3) is 1.00. The first-order valence-corrected chi connectivity index (χ1v) is 5.90. The predicted molar refractivity (Wildman–Crippen MR) is 56.2 cm³/mol. The fourth-order valence-electron chi connectivity index (χ4n) is 1.02. The fourth-order valence-corrected chi connectivity index (χ4v) is 1.82. The summed E-state index contributed by atoms with van der Waals surface area (Å²) in [6, 6.07) is 0. The Labute approximate surface area is 76.1 Å². The lowest BCUT2D eigenvalue weighted by atomic mass is 10.0. The molecule has 0 aromatic heterocycles. The molecule has 0 radical (unpaired) electrons. The van der Waals surface area contributed by atoms with Gasteiger partial charge >= 0.3 is 0 Å². The van der Waals surface area contributed by atoms with Crippen molar-refractivity contribution in [2.75, 3.05) is 11.5 Å². The molecule has 0 bridgehead atoms. The van der Waals surface area contributed by atoms with Crippen molar-refractivity contribution in [3.8, 4) is 0 Å². The molecule has 0 saturated heterocycles. The van der Waals surface area contributed by atoms with Crippen LogP contribution in [0.15, 0.2) is 0 Å². The molecule has 11 heavy (non-hydrogen) atoms. The molecule has 0 nitrogen and oxygen atoms in total. The minimum absolute atomic E-state index is 0.879. The third-order valence-corrected chi connectivity index (χ3v) is 3.06. The zero-order valence-electron chi connectivity index (χ0n) is 8.39. The van der Waals surface area contributed by atoms with Gasteiger partial charge in [0, 0.05) is 0 Å². The van der Waals surface area contributed by atoms with Gasteiger partial charge in [0.1, 0.15) is 0 Å². The Morgan fingerprint density at radius 3 is 2.18 bits per heavy atom. The average molecular weight is 174 g/mol. The summed E-state index contributed by atoms with van der Waals surface area (Å²) < 4.78 is 0. The summed E-state index contributed by atoms with van der Waals surface area (Å²) in [6.07, 6.45) is 2.80. The summed E-state index contributed by atoms with van der Waals surface area (Å²) in [5, 5.41) is 0. The van der Waals surface area contributed by atoms with E-state index < -0.39 is 0 Å². The molecule has 0 aliphatic carbocycles. The molecule has 0 aromatic carbocycles. The highest BCUT2D eigenvalue weighted by Gasteiger charge is 2.02. The molecule has 0 N–H and O–H groups in total. The van der Waals surface area contributed by atoms with E-state index in [0.717, 1.165) is 11.8 Å². The van der Waals surface area contributed by atoms with E-state index in [2.05, 4.69) is 39.5 Å². The van der Waals surface area contributed by atoms with Gasteiger partial charge in [0.05, 0.1) is 0 Å². The van der Waals surface area contributed by atoms with Gasteiger partial charge in [0.25, 0.3) is 0 Å².